The highest BCUT2D eigenvalue weighted by atomic mass is 19.4. The standard InChI is InChI=1S/C3H4F3O2/c1-7-2-8-3(4,5)6/h2H,1H3. The molecule has 49 valence electrons. The number of rotatable bonds is 2. The molecule has 0 aliphatic rings. The topological polar surface area (TPSA) is 18.5 Å². The SMILES string of the molecule is CO[CH]OC(F)(F)F. The molecule has 0 aromatic carbocycles. The number of ether oxygens (including phenoxy) is 2. The molecule has 5 heteroatoms. The largest absolute Gasteiger partial charge is 0.524 e. The number of hydrogen-bond donors (Lipinski definition) is 0. The van der Waals surface area contributed by atoms with Crippen LogP contribution in [0.15, 0.2) is 0 Å². The molecule has 0 saturated carbocycles. The van der Waals surface area contributed by atoms with Crippen LogP contribution in [-0.2, 0) is 9.47 Å². The van der Waals surface area contributed by atoms with Gasteiger partial charge < -0.3 is 4.74 Å². The van der Waals surface area contributed by atoms with E-state index < -0.39 is 6.36 Å². The molecule has 0 fully saturated rings. The van der Waals surface area contributed by atoms with E-state index in [0.29, 0.717) is 0 Å². The van der Waals surface area contributed by atoms with Crippen molar-refractivity contribution < 1.29 is 22.6 Å². The zero-order valence-corrected chi connectivity index (χ0v) is 4.03. The molecular weight excluding hydrogens is 125 g/mol. The van der Waals surface area contributed by atoms with Crippen molar-refractivity contribution in [2.24, 2.45) is 0 Å². The minimum atomic E-state index is -4.63. The zero-order chi connectivity index (χ0) is 6.62. The Bertz CT molecular complexity index is 60.0. The third-order valence-corrected chi connectivity index (χ3v) is 0.278. The maximum Gasteiger partial charge on any atom is 0.524 e. The molecule has 2 nitrogen and oxygen atoms in total. The summed E-state index contributed by atoms with van der Waals surface area (Å²) in [7, 11) is 1.06. The van der Waals surface area contributed by atoms with E-state index in [2.05, 4.69) is 9.47 Å². The number of hydrogen-bond acceptors (Lipinski definition) is 2. The lowest BCUT2D eigenvalue weighted by Gasteiger charge is -2.02. The summed E-state index contributed by atoms with van der Waals surface area (Å²) in [5.41, 5.74) is 0. The van der Waals surface area contributed by atoms with Gasteiger partial charge in [-0.2, -0.15) is 0 Å². The minimum Gasteiger partial charge on any atom is -0.351 e. The lowest BCUT2D eigenvalue weighted by atomic mass is 11.2. The van der Waals surface area contributed by atoms with Crippen LogP contribution in [0, 0.1) is 6.79 Å². The molecule has 0 atom stereocenters. The molecule has 1 radical (unpaired) electrons. The lowest BCUT2D eigenvalue weighted by molar-refractivity contribution is -0.325. The maximum absolute atomic E-state index is 10.9. The molecule has 8 heavy (non-hydrogen) atoms. The van der Waals surface area contributed by atoms with Crippen LogP contribution in [0.3, 0.4) is 0 Å². The fourth-order valence-electron chi connectivity index (χ4n) is 0.103. The summed E-state index contributed by atoms with van der Waals surface area (Å²) < 4.78 is 39.6. The first kappa shape index (κ1) is 7.71. The van der Waals surface area contributed by atoms with E-state index in [9.17, 15) is 13.2 Å². The van der Waals surface area contributed by atoms with Crippen molar-refractivity contribution in [2.45, 2.75) is 6.36 Å². The van der Waals surface area contributed by atoms with Crippen LogP contribution in [0.5, 0.6) is 0 Å². The highest BCUT2D eigenvalue weighted by Gasteiger charge is 2.29. The fourth-order valence-corrected chi connectivity index (χ4v) is 0.103. The highest BCUT2D eigenvalue weighted by Crippen LogP contribution is 2.16. The summed E-state index contributed by atoms with van der Waals surface area (Å²) in [5, 5.41) is 0. The van der Waals surface area contributed by atoms with Crippen LogP contribution < -0.4 is 0 Å². The van der Waals surface area contributed by atoms with Crippen molar-refractivity contribution in [1.82, 2.24) is 0 Å². The van der Waals surface area contributed by atoms with Crippen molar-refractivity contribution in [3.8, 4) is 0 Å². The van der Waals surface area contributed by atoms with Crippen molar-refractivity contribution in [2.75, 3.05) is 7.11 Å². The first-order valence-corrected chi connectivity index (χ1v) is 1.65. The second-order valence-corrected chi connectivity index (χ2v) is 0.896. The van der Waals surface area contributed by atoms with Crippen molar-refractivity contribution in [3.05, 3.63) is 6.79 Å². The average molecular weight is 129 g/mol. The zero-order valence-electron chi connectivity index (χ0n) is 4.03. The average Bonchev–Trinajstić information content (AvgIpc) is 1.59. The maximum atomic E-state index is 10.9. The molecule has 0 aromatic rings. The molecule has 0 unspecified atom stereocenters. The van der Waals surface area contributed by atoms with E-state index >= 15 is 0 Å². The second-order valence-electron chi connectivity index (χ2n) is 0.896. The van der Waals surface area contributed by atoms with E-state index in [-0.39, 0.29) is 6.79 Å². The van der Waals surface area contributed by atoms with Gasteiger partial charge in [-0.15, -0.1) is 13.2 Å². The van der Waals surface area contributed by atoms with Gasteiger partial charge in [0.1, 0.15) is 0 Å². The molecule has 0 bridgehead atoms. The predicted octanol–water partition coefficient (Wildman–Crippen LogP) is 1.29. The van der Waals surface area contributed by atoms with Gasteiger partial charge in [0.25, 0.3) is 0 Å². The van der Waals surface area contributed by atoms with Crippen LogP contribution in [0.2, 0.25) is 0 Å². The van der Waals surface area contributed by atoms with Gasteiger partial charge in [0.05, 0.1) is 0 Å². The van der Waals surface area contributed by atoms with Gasteiger partial charge in [-0.3, -0.25) is 4.74 Å². The molecule has 0 rings (SSSR count). The molecular formula is C3H4F3O2. The second kappa shape index (κ2) is 2.88. The normalized spacial score (nSPS) is 12.0. The summed E-state index contributed by atoms with van der Waals surface area (Å²) in [6.45, 7) is 0.208. The Kier molecular flexibility index (Phi) is 2.78. The van der Waals surface area contributed by atoms with E-state index in [4.69, 9.17) is 0 Å². The molecule has 0 aliphatic heterocycles. The van der Waals surface area contributed by atoms with Gasteiger partial charge in [0.2, 0.25) is 6.79 Å². The fraction of sp³-hybridized carbons (Fsp3) is 0.667. The van der Waals surface area contributed by atoms with Crippen molar-refractivity contribution in [3.63, 3.8) is 0 Å². The van der Waals surface area contributed by atoms with Crippen LogP contribution >= 0.6 is 0 Å². The van der Waals surface area contributed by atoms with E-state index in [0.717, 1.165) is 7.11 Å². The summed E-state index contributed by atoms with van der Waals surface area (Å²) in [5.74, 6) is 0. The molecule has 0 spiro atoms. The van der Waals surface area contributed by atoms with Gasteiger partial charge in [-0.1, -0.05) is 0 Å². The first-order chi connectivity index (χ1) is 3.56. The molecule has 0 heterocycles. The Morgan fingerprint density at radius 2 is 1.88 bits per heavy atom. The van der Waals surface area contributed by atoms with E-state index in [1.807, 2.05) is 0 Å². The first-order valence-electron chi connectivity index (χ1n) is 1.65. The third-order valence-electron chi connectivity index (χ3n) is 0.278. The predicted molar refractivity (Wildman–Crippen MR) is 18.4 cm³/mol. The van der Waals surface area contributed by atoms with Crippen LogP contribution in [0.1, 0.15) is 0 Å². The number of methoxy groups -OCH3 is 1. The molecule has 0 aliphatic carbocycles. The van der Waals surface area contributed by atoms with Crippen LogP contribution in [-0.4, -0.2) is 13.5 Å². The van der Waals surface area contributed by atoms with Gasteiger partial charge in [0, 0.05) is 7.11 Å². The van der Waals surface area contributed by atoms with Crippen LogP contribution in [0.4, 0.5) is 13.2 Å². The Morgan fingerprint density at radius 1 is 1.38 bits per heavy atom. The molecule has 0 aromatic heterocycles. The summed E-state index contributed by atoms with van der Waals surface area (Å²) >= 11 is 0. The lowest BCUT2D eigenvalue weighted by Crippen LogP contribution is -2.11. The van der Waals surface area contributed by atoms with Crippen molar-refractivity contribution in [1.29, 1.82) is 0 Å². The third kappa shape index (κ3) is 5.71. The van der Waals surface area contributed by atoms with Crippen molar-refractivity contribution >= 4 is 0 Å². The minimum absolute atomic E-state index is 0.208. The van der Waals surface area contributed by atoms with E-state index in [1.165, 1.54) is 0 Å². The Labute approximate surface area is 44.2 Å². The summed E-state index contributed by atoms with van der Waals surface area (Å²) in [4.78, 5) is 0. The smallest absolute Gasteiger partial charge is 0.351 e. The molecule has 0 N–H and O–H groups in total. The van der Waals surface area contributed by atoms with Gasteiger partial charge >= 0.3 is 6.36 Å². The van der Waals surface area contributed by atoms with Gasteiger partial charge in [0.15, 0.2) is 0 Å². The summed E-state index contributed by atoms with van der Waals surface area (Å²) in [6, 6.07) is 0. The Hall–Kier alpha value is -0.290. The highest BCUT2D eigenvalue weighted by molar-refractivity contribution is 4.29. The number of alkyl halides is 3. The quantitative estimate of drug-likeness (QED) is 0.559. The Morgan fingerprint density at radius 3 is 2.00 bits per heavy atom. The van der Waals surface area contributed by atoms with Crippen LogP contribution in [0.25, 0.3) is 0 Å². The van der Waals surface area contributed by atoms with E-state index in [1.54, 1.807) is 0 Å². The Balaban J connectivity index is 3.11. The molecule has 0 amide bonds. The monoisotopic (exact) mass is 129 g/mol. The number of halogens is 3. The van der Waals surface area contributed by atoms with Gasteiger partial charge in [-0.25, -0.2) is 0 Å². The summed E-state index contributed by atoms with van der Waals surface area (Å²) in [6.07, 6.45) is -4.63. The molecule has 0 saturated heterocycles. The van der Waals surface area contributed by atoms with Gasteiger partial charge in [-0.05, 0) is 0 Å².